The molecule has 0 nitrogen and oxygen atoms in total. The molecule has 0 aliphatic rings. The van der Waals surface area contributed by atoms with E-state index in [-0.39, 0.29) is 0 Å². The lowest BCUT2D eigenvalue weighted by Gasteiger charge is -1.81. The Morgan fingerprint density at radius 3 is 2.33 bits per heavy atom. The minimum Gasteiger partial charge on any atom is -0.148 e. The second kappa shape index (κ2) is 3.04. The topological polar surface area (TPSA) is 0 Å². The van der Waals surface area contributed by atoms with Crippen molar-refractivity contribution in [3.8, 4) is 0 Å². The van der Waals surface area contributed by atoms with Gasteiger partial charge in [0, 0.05) is 0 Å². The first-order valence-corrected chi connectivity index (χ1v) is 2.19. The van der Waals surface area contributed by atoms with Crippen LogP contribution in [0.25, 0.3) is 0 Å². The summed E-state index contributed by atoms with van der Waals surface area (Å²) in [7, 11) is 0. The molecule has 0 rings (SSSR count). The molecule has 0 aromatic rings. The van der Waals surface area contributed by atoms with E-state index in [4.69, 9.17) is 0 Å². The Morgan fingerprint density at radius 1 is 1.83 bits per heavy atom. The van der Waals surface area contributed by atoms with Gasteiger partial charge in [-0.15, -0.1) is 19.2 Å². The Labute approximate surface area is 44.0 Å². The number of allylic oxidation sites excluding steroid dienone is 2. The predicted molar refractivity (Wildman–Crippen MR) is 32.9 cm³/mol. The smallest absolute Gasteiger partial charge is 0.00484 e. The highest BCUT2D eigenvalue weighted by Crippen LogP contribution is 2.00. The Bertz CT molecular complexity index is 64.3. The summed E-state index contributed by atoms with van der Waals surface area (Å²) in [5.74, 6) is 0. The normalized spacial score (nSPS) is 7.50. The fourth-order valence-corrected chi connectivity index (χ4v) is 0.296. The molecule has 6 heavy (non-hydrogen) atoms. The number of rotatable bonds is 2. The van der Waals surface area contributed by atoms with Crippen molar-refractivity contribution < 1.29 is 0 Å². The van der Waals surface area contributed by atoms with Gasteiger partial charge in [0.25, 0.3) is 0 Å². The highest BCUT2D eigenvalue weighted by molar-refractivity contribution is 7.84. The van der Waals surface area contributed by atoms with Gasteiger partial charge in [0.2, 0.25) is 0 Å². The van der Waals surface area contributed by atoms with E-state index in [1.807, 2.05) is 0 Å². The Hall–Kier alpha value is -0.170. The van der Waals surface area contributed by atoms with E-state index in [9.17, 15) is 0 Å². The van der Waals surface area contributed by atoms with Crippen molar-refractivity contribution in [2.75, 3.05) is 0 Å². The summed E-state index contributed by atoms with van der Waals surface area (Å²) in [5, 5.41) is 0. The standard InChI is InChI=1S/C5H8S/c1-3-4-5(2)6/h3,6H,1-2,4H2. The van der Waals surface area contributed by atoms with Crippen molar-refractivity contribution in [1.82, 2.24) is 0 Å². The van der Waals surface area contributed by atoms with Gasteiger partial charge < -0.3 is 0 Å². The quantitative estimate of drug-likeness (QED) is 0.398. The maximum Gasteiger partial charge on any atom is -0.00484 e. The predicted octanol–water partition coefficient (Wildman–Crippen LogP) is 2.01. The average molecular weight is 100 g/mol. The molecule has 0 aromatic heterocycles. The highest BCUT2D eigenvalue weighted by Gasteiger charge is 1.72. The summed E-state index contributed by atoms with van der Waals surface area (Å²) >= 11 is 3.91. The van der Waals surface area contributed by atoms with Crippen LogP contribution in [-0.2, 0) is 0 Å². The molecule has 0 unspecified atom stereocenters. The summed E-state index contributed by atoms with van der Waals surface area (Å²) in [6, 6.07) is 0. The monoisotopic (exact) mass is 100 g/mol. The molecule has 0 saturated heterocycles. The number of thiol groups is 1. The van der Waals surface area contributed by atoms with E-state index < -0.39 is 0 Å². The molecule has 0 bridgehead atoms. The second-order valence-corrected chi connectivity index (χ2v) is 1.69. The van der Waals surface area contributed by atoms with Gasteiger partial charge >= 0.3 is 0 Å². The van der Waals surface area contributed by atoms with Crippen molar-refractivity contribution in [3.63, 3.8) is 0 Å². The van der Waals surface area contributed by atoms with Gasteiger partial charge in [-0.1, -0.05) is 12.7 Å². The lowest BCUT2D eigenvalue weighted by atomic mass is 10.4. The maximum atomic E-state index is 3.91. The van der Waals surface area contributed by atoms with Gasteiger partial charge in [0.05, 0.1) is 0 Å². The van der Waals surface area contributed by atoms with Crippen LogP contribution < -0.4 is 0 Å². The van der Waals surface area contributed by atoms with Crippen molar-refractivity contribution >= 4 is 12.6 Å². The van der Waals surface area contributed by atoms with Gasteiger partial charge in [0.15, 0.2) is 0 Å². The summed E-state index contributed by atoms with van der Waals surface area (Å²) in [4.78, 5) is 0.866. The van der Waals surface area contributed by atoms with Crippen LogP contribution in [0.15, 0.2) is 24.1 Å². The Balaban J connectivity index is 3.05. The molecule has 0 fully saturated rings. The molecule has 0 aromatic carbocycles. The number of hydrogen-bond donors (Lipinski definition) is 1. The van der Waals surface area contributed by atoms with E-state index >= 15 is 0 Å². The van der Waals surface area contributed by atoms with Crippen LogP contribution in [0, 0.1) is 0 Å². The van der Waals surface area contributed by atoms with E-state index in [1.165, 1.54) is 0 Å². The first kappa shape index (κ1) is 5.83. The molecule has 0 saturated carbocycles. The van der Waals surface area contributed by atoms with Crippen molar-refractivity contribution in [2.24, 2.45) is 0 Å². The summed E-state index contributed by atoms with van der Waals surface area (Å²) < 4.78 is 0. The second-order valence-electron chi connectivity index (χ2n) is 1.06. The Morgan fingerprint density at radius 2 is 2.33 bits per heavy atom. The van der Waals surface area contributed by atoms with Crippen LogP contribution in [0.5, 0.6) is 0 Å². The lowest BCUT2D eigenvalue weighted by Crippen LogP contribution is -1.57. The number of hydrogen-bond acceptors (Lipinski definition) is 1. The fraction of sp³-hybridized carbons (Fsp3) is 0.200. The average Bonchev–Trinajstić information content (AvgIpc) is 1.35. The molecule has 0 N–H and O–H groups in total. The van der Waals surface area contributed by atoms with Gasteiger partial charge in [-0.3, -0.25) is 0 Å². The van der Waals surface area contributed by atoms with Crippen molar-refractivity contribution in [3.05, 3.63) is 24.1 Å². The van der Waals surface area contributed by atoms with Gasteiger partial charge in [-0.25, -0.2) is 0 Å². The van der Waals surface area contributed by atoms with Crippen LogP contribution in [0.2, 0.25) is 0 Å². The van der Waals surface area contributed by atoms with Crippen LogP contribution in [0.1, 0.15) is 6.42 Å². The van der Waals surface area contributed by atoms with Crippen LogP contribution in [-0.4, -0.2) is 0 Å². The van der Waals surface area contributed by atoms with E-state index in [0.29, 0.717) is 0 Å². The summed E-state index contributed by atoms with van der Waals surface area (Å²) in [6.07, 6.45) is 2.58. The molecule has 1 heteroatoms. The zero-order valence-electron chi connectivity index (χ0n) is 3.65. The fourth-order valence-electron chi connectivity index (χ4n) is 0.167. The molecule has 0 spiro atoms. The molecule has 0 aliphatic carbocycles. The van der Waals surface area contributed by atoms with Crippen LogP contribution in [0.4, 0.5) is 0 Å². The third kappa shape index (κ3) is 3.83. The zero-order chi connectivity index (χ0) is 4.99. The molecule has 0 radical (unpaired) electrons. The van der Waals surface area contributed by atoms with Gasteiger partial charge in [-0.2, -0.15) is 0 Å². The maximum absolute atomic E-state index is 3.91. The van der Waals surface area contributed by atoms with E-state index in [1.54, 1.807) is 6.08 Å². The Kier molecular flexibility index (Phi) is 2.95. The molecule has 0 atom stereocenters. The minimum atomic E-state index is 0.809. The highest BCUT2D eigenvalue weighted by atomic mass is 32.1. The largest absolute Gasteiger partial charge is 0.148 e. The molecular weight excluding hydrogens is 92.1 g/mol. The molecule has 0 aliphatic heterocycles. The minimum absolute atomic E-state index is 0.809. The molecule has 34 valence electrons. The van der Waals surface area contributed by atoms with Crippen molar-refractivity contribution in [2.45, 2.75) is 6.42 Å². The summed E-state index contributed by atoms with van der Waals surface area (Å²) in [6.45, 7) is 7.03. The molecular formula is C5H8S. The third-order valence-corrected chi connectivity index (χ3v) is 0.563. The van der Waals surface area contributed by atoms with E-state index in [0.717, 1.165) is 11.3 Å². The van der Waals surface area contributed by atoms with Gasteiger partial charge in [-0.05, 0) is 11.3 Å². The zero-order valence-corrected chi connectivity index (χ0v) is 4.54. The van der Waals surface area contributed by atoms with E-state index in [2.05, 4.69) is 25.8 Å². The first-order valence-electron chi connectivity index (χ1n) is 1.75. The lowest BCUT2D eigenvalue weighted by molar-refractivity contribution is 1.39. The molecule has 0 heterocycles. The van der Waals surface area contributed by atoms with Crippen molar-refractivity contribution in [1.29, 1.82) is 0 Å². The summed E-state index contributed by atoms with van der Waals surface area (Å²) in [5.41, 5.74) is 0. The SMILES string of the molecule is C=CCC(=C)S. The molecule has 0 amide bonds. The van der Waals surface area contributed by atoms with Gasteiger partial charge in [0.1, 0.15) is 0 Å². The van der Waals surface area contributed by atoms with Crippen LogP contribution in [0.3, 0.4) is 0 Å². The van der Waals surface area contributed by atoms with Crippen LogP contribution >= 0.6 is 12.6 Å². The third-order valence-electron chi connectivity index (χ3n) is 0.380. The first-order chi connectivity index (χ1) is 2.77.